The number of hydrogen-bond acceptors (Lipinski definition) is 9. The van der Waals surface area contributed by atoms with Crippen molar-refractivity contribution in [3.8, 4) is 5.75 Å². The van der Waals surface area contributed by atoms with Crippen molar-refractivity contribution in [2.45, 2.75) is 51.2 Å². The molecule has 0 saturated carbocycles. The Labute approximate surface area is 393 Å². The first kappa shape index (κ1) is 48.1. The fourth-order valence-corrected chi connectivity index (χ4v) is 8.87. The molecule has 7 rings (SSSR count). The molecule has 3 amide bonds. The van der Waals surface area contributed by atoms with Gasteiger partial charge in [0.1, 0.15) is 11.7 Å². The van der Waals surface area contributed by atoms with Crippen LogP contribution < -0.4 is 16.0 Å². The highest BCUT2D eigenvalue weighted by molar-refractivity contribution is 5.96. The van der Waals surface area contributed by atoms with Gasteiger partial charge >= 0.3 is 5.97 Å². The Morgan fingerprint density at radius 2 is 1.58 bits per heavy atom. The summed E-state index contributed by atoms with van der Waals surface area (Å²) in [5, 5.41) is 29.6. The van der Waals surface area contributed by atoms with E-state index in [4.69, 9.17) is 4.74 Å². The summed E-state index contributed by atoms with van der Waals surface area (Å²) >= 11 is 0. The maximum atomic E-state index is 13.9. The van der Waals surface area contributed by atoms with E-state index in [1.807, 2.05) is 79.7 Å². The van der Waals surface area contributed by atoms with Gasteiger partial charge in [-0.25, -0.2) is 0 Å². The summed E-state index contributed by atoms with van der Waals surface area (Å²) in [5.74, 6) is -1.08. The minimum Gasteiger partial charge on any atom is -0.506 e. The number of aliphatic hydroxyl groups excluding tert-OH is 1. The zero-order valence-electron chi connectivity index (χ0n) is 38.1. The molecular formula is C55H61N5O7. The number of benzene rings is 5. The lowest BCUT2D eigenvalue weighted by Gasteiger charge is -2.32. The number of piperidine rings is 1. The Hall–Kier alpha value is -6.86. The van der Waals surface area contributed by atoms with Crippen LogP contribution in [-0.2, 0) is 32.1 Å². The van der Waals surface area contributed by atoms with E-state index in [1.54, 1.807) is 35.3 Å². The third-order valence-electron chi connectivity index (χ3n) is 12.6. The highest BCUT2D eigenvalue weighted by Crippen LogP contribution is 2.35. The van der Waals surface area contributed by atoms with Gasteiger partial charge in [0.25, 0.3) is 5.91 Å². The lowest BCUT2D eigenvalue weighted by molar-refractivity contribution is -0.146. The second kappa shape index (κ2) is 24.1. The molecule has 2 unspecified atom stereocenters. The predicted molar refractivity (Wildman–Crippen MR) is 262 cm³/mol. The summed E-state index contributed by atoms with van der Waals surface area (Å²) in [7, 11) is 0. The third kappa shape index (κ3) is 13.2. The lowest BCUT2D eigenvalue weighted by Crippen LogP contribution is -2.42. The minimum absolute atomic E-state index is 0.0898. The Morgan fingerprint density at radius 3 is 2.28 bits per heavy atom. The first-order chi connectivity index (χ1) is 32.7. The molecule has 2 aliphatic heterocycles. The molecule has 0 aromatic heterocycles. The van der Waals surface area contributed by atoms with Crippen molar-refractivity contribution in [3.63, 3.8) is 0 Å². The topological polar surface area (TPSA) is 161 Å². The fraction of sp³-hybridized carbons (Fsp3) is 0.309. The molecule has 5 aromatic rings. The molecule has 5 aromatic carbocycles. The summed E-state index contributed by atoms with van der Waals surface area (Å²) in [5.41, 5.74) is 7.94. The molecule has 1 fully saturated rings. The van der Waals surface area contributed by atoms with E-state index < -0.39 is 12.0 Å². The van der Waals surface area contributed by atoms with E-state index >= 15 is 0 Å². The van der Waals surface area contributed by atoms with E-state index in [0.717, 1.165) is 60.3 Å². The van der Waals surface area contributed by atoms with Gasteiger partial charge in [-0.15, -0.1) is 0 Å². The number of rotatable bonds is 20. The molecule has 2 heterocycles. The van der Waals surface area contributed by atoms with Crippen LogP contribution in [0, 0.1) is 5.92 Å². The number of likely N-dealkylation sites (tertiary alicyclic amines) is 1. The molecule has 0 spiro atoms. The number of aliphatic hydroxyl groups is 1. The van der Waals surface area contributed by atoms with Crippen molar-refractivity contribution in [2.75, 3.05) is 57.7 Å². The average molecular weight is 904 g/mol. The first-order valence-electron chi connectivity index (χ1n) is 23.2. The summed E-state index contributed by atoms with van der Waals surface area (Å²) in [6.07, 6.45) is 8.40. The third-order valence-corrected chi connectivity index (χ3v) is 12.6. The van der Waals surface area contributed by atoms with Crippen molar-refractivity contribution in [3.05, 3.63) is 178 Å². The molecule has 67 heavy (non-hydrogen) atoms. The summed E-state index contributed by atoms with van der Waals surface area (Å²) in [6.45, 7) is 6.71. The van der Waals surface area contributed by atoms with Crippen LogP contribution in [0.1, 0.15) is 87.5 Å². The van der Waals surface area contributed by atoms with E-state index in [1.165, 1.54) is 11.6 Å². The molecule has 1 saturated heterocycles. The lowest BCUT2D eigenvalue weighted by atomic mass is 9.88. The smallest absolute Gasteiger partial charge is 0.317 e. The quantitative estimate of drug-likeness (QED) is 0.0231. The van der Waals surface area contributed by atoms with Crippen LogP contribution in [0.15, 0.2) is 133 Å². The highest BCUT2D eigenvalue weighted by atomic mass is 16.5. The number of carbonyl (C=O) groups excluding carboxylic acids is 4. The van der Waals surface area contributed by atoms with E-state index in [-0.39, 0.29) is 42.3 Å². The van der Waals surface area contributed by atoms with Crippen molar-refractivity contribution in [1.29, 1.82) is 0 Å². The normalized spacial score (nSPS) is 15.4. The van der Waals surface area contributed by atoms with Gasteiger partial charge < -0.3 is 35.8 Å². The maximum Gasteiger partial charge on any atom is 0.317 e. The van der Waals surface area contributed by atoms with Gasteiger partial charge in [0, 0.05) is 37.3 Å². The highest BCUT2D eigenvalue weighted by Gasteiger charge is 2.28. The summed E-state index contributed by atoms with van der Waals surface area (Å²) < 4.78 is 6.09. The molecule has 12 heteroatoms. The number of aromatic hydroxyl groups is 1. The van der Waals surface area contributed by atoms with Gasteiger partial charge in [0.05, 0.1) is 24.9 Å². The zero-order chi connectivity index (χ0) is 47.0. The van der Waals surface area contributed by atoms with E-state index in [0.29, 0.717) is 68.1 Å². The minimum atomic E-state index is -0.889. The van der Waals surface area contributed by atoms with Crippen LogP contribution >= 0.6 is 0 Å². The van der Waals surface area contributed by atoms with Crippen molar-refractivity contribution in [1.82, 2.24) is 20.4 Å². The van der Waals surface area contributed by atoms with Gasteiger partial charge in [-0.3, -0.25) is 24.1 Å². The number of amides is 3. The number of carbonyl (C=O) groups is 4. The van der Waals surface area contributed by atoms with Crippen LogP contribution in [0.5, 0.6) is 5.75 Å². The molecule has 2 aliphatic rings. The molecule has 0 radical (unpaired) electrons. The molecule has 5 N–H and O–H groups in total. The Morgan fingerprint density at radius 1 is 0.851 bits per heavy atom. The average Bonchev–Trinajstić information content (AvgIpc) is 3.36. The number of ether oxygens (including phenoxy) is 1. The van der Waals surface area contributed by atoms with Crippen LogP contribution in [0.25, 0.3) is 11.6 Å². The number of allylic oxidation sites excluding steroid dienone is 1. The standard InChI is InChI=1S/C55H61N5O7/c1-2-10-48-47(21-22-49(62)53(48)58-38-61)50(63)34-56-28-23-39-17-19-44(20-18-39)54(65)57-35-51(64)60-31-26-42(27-32-60)45-15-9-16-46(33-45)52(43-13-7-4-8-14-43)55(66)67-37-41-24-29-59(30-25-41)36-40-11-5-3-6-12-40/h2-22,26,33,38,41,50,52,56,62-63H,23-25,27-32,34-37H2,1H3,(H,57,65)(H,58,61)/b10-2-. The monoisotopic (exact) mass is 903 g/mol. The predicted octanol–water partition coefficient (Wildman–Crippen LogP) is 7.49. The van der Waals surface area contributed by atoms with Gasteiger partial charge in [-0.2, -0.15) is 0 Å². The molecule has 0 aliphatic carbocycles. The van der Waals surface area contributed by atoms with Gasteiger partial charge in [0.15, 0.2) is 0 Å². The van der Waals surface area contributed by atoms with Gasteiger partial charge in [-0.1, -0.05) is 121 Å². The Bertz CT molecular complexity index is 2500. The molecular weight excluding hydrogens is 843 g/mol. The molecule has 348 valence electrons. The molecule has 0 bridgehead atoms. The van der Waals surface area contributed by atoms with Crippen LogP contribution in [-0.4, -0.2) is 96.6 Å². The zero-order valence-corrected chi connectivity index (χ0v) is 38.1. The van der Waals surface area contributed by atoms with Crippen LogP contribution in [0.4, 0.5) is 5.69 Å². The van der Waals surface area contributed by atoms with Gasteiger partial charge in [-0.05, 0) is 115 Å². The number of anilines is 1. The van der Waals surface area contributed by atoms with E-state index in [9.17, 15) is 29.4 Å². The Kier molecular flexibility index (Phi) is 17.3. The number of nitrogens with zero attached hydrogens (tertiary/aromatic N) is 2. The second-order valence-corrected chi connectivity index (χ2v) is 17.2. The summed E-state index contributed by atoms with van der Waals surface area (Å²) in [4.78, 5) is 55.5. The molecule has 2 atom stereocenters. The number of hydrogen-bond donors (Lipinski definition) is 5. The fourth-order valence-electron chi connectivity index (χ4n) is 8.87. The van der Waals surface area contributed by atoms with Crippen LogP contribution in [0.2, 0.25) is 0 Å². The largest absolute Gasteiger partial charge is 0.506 e. The van der Waals surface area contributed by atoms with Gasteiger partial charge in [0.2, 0.25) is 12.3 Å². The first-order valence-corrected chi connectivity index (χ1v) is 23.2. The Balaban J connectivity index is 0.862. The second-order valence-electron chi connectivity index (χ2n) is 17.2. The van der Waals surface area contributed by atoms with Crippen LogP contribution in [0.3, 0.4) is 0 Å². The maximum absolute atomic E-state index is 13.9. The van der Waals surface area contributed by atoms with Crippen molar-refractivity contribution < 1.29 is 34.1 Å². The summed E-state index contributed by atoms with van der Waals surface area (Å²) in [6, 6.07) is 38.7. The number of esters is 1. The van der Waals surface area contributed by atoms with E-state index in [2.05, 4.69) is 51.2 Å². The molecule has 12 nitrogen and oxygen atoms in total. The number of nitrogens with one attached hydrogen (secondary N) is 3. The van der Waals surface area contributed by atoms with Crippen molar-refractivity contribution >= 4 is 41.5 Å². The SMILES string of the molecule is C/C=C\c1c(C(O)CNCCc2ccc(C(=O)NCC(=O)N3CC=C(c4cccc(C(C(=O)OCC5CCN(Cc6ccccc6)CC5)c5ccccc5)c4)CC3)cc2)ccc(O)c1NC=O. The van der Waals surface area contributed by atoms with Crippen molar-refractivity contribution in [2.24, 2.45) is 5.92 Å². The number of phenols is 1. The number of phenolic OH excluding ortho intramolecular Hbond substituents is 1.